The van der Waals surface area contributed by atoms with E-state index in [1.54, 1.807) is 7.11 Å². The summed E-state index contributed by atoms with van der Waals surface area (Å²) >= 11 is 0. The topological polar surface area (TPSA) is 37.4 Å². The van der Waals surface area contributed by atoms with Crippen LogP contribution in [0.25, 0.3) is 0 Å². The number of nitrogens with one attached hydrogen (secondary N) is 1. The van der Waals surface area contributed by atoms with E-state index in [2.05, 4.69) is 21.3 Å². The first-order valence-corrected chi connectivity index (χ1v) is 7.77. The molecule has 1 aromatic heterocycles. The fourth-order valence-electron chi connectivity index (χ4n) is 2.97. The van der Waals surface area contributed by atoms with E-state index in [-0.39, 0.29) is 0 Å². The van der Waals surface area contributed by atoms with E-state index >= 15 is 0 Å². The van der Waals surface area contributed by atoms with E-state index in [0.717, 1.165) is 38.2 Å². The van der Waals surface area contributed by atoms with Crippen molar-refractivity contribution < 1.29 is 4.74 Å². The van der Waals surface area contributed by atoms with Gasteiger partial charge in [0.15, 0.2) is 0 Å². The van der Waals surface area contributed by atoms with E-state index in [0.29, 0.717) is 0 Å². The number of piperidine rings is 1. The standard InChI is InChI=1S/C16H25N3O/c1-20-12-13-5-8-19(9-6-13)16-11-17-7-4-14(16)10-18-15-2-3-15/h4,7,11,13,15,18H,2-3,5-6,8-10,12H2,1H3. The van der Waals surface area contributed by atoms with Gasteiger partial charge in [-0.2, -0.15) is 0 Å². The molecule has 0 aromatic carbocycles. The number of rotatable bonds is 6. The van der Waals surface area contributed by atoms with Gasteiger partial charge in [0.2, 0.25) is 0 Å². The Labute approximate surface area is 121 Å². The van der Waals surface area contributed by atoms with Crippen LogP contribution in [-0.2, 0) is 11.3 Å². The predicted octanol–water partition coefficient (Wildman–Crippen LogP) is 2.20. The summed E-state index contributed by atoms with van der Waals surface area (Å²) in [6.45, 7) is 4.11. The van der Waals surface area contributed by atoms with Gasteiger partial charge in [0.05, 0.1) is 11.9 Å². The summed E-state index contributed by atoms with van der Waals surface area (Å²) in [6.07, 6.45) is 9.05. The van der Waals surface area contributed by atoms with Crippen LogP contribution in [0.15, 0.2) is 18.5 Å². The molecule has 1 N–H and O–H groups in total. The third kappa shape index (κ3) is 3.49. The lowest BCUT2D eigenvalue weighted by molar-refractivity contribution is 0.139. The lowest BCUT2D eigenvalue weighted by atomic mass is 9.97. The highest BCUT2D eigenvalue weighted by atomic mass is 16.5. The van der Waals surface area contributed by atoms with Gasteiger partial charge in [0, 0.05) is 45.6 Å². The van der Waals surface area contributed by atoms with Crippen LogP contribution in [0, 0.1) is 5.92 Å². The normalized spacial score (nSPS) is 20.4. The van der Waals surface area contributed by atoms with Crippen LogP contribution in [0.1, 0.15) is 31.2 Å². The Hall–Kier alpha value is -1.13. The molecule has 0 unspecified atom stereocenters. The zero-order valence-electron chi connectivity index (χ0n) is 12.3. The number of methoxy groups -OCH3 is 1. The summed E-state index contributed by atoms with van der Waals surface area (Å²) in [5, 5.41) is 3.61. The van der Waals surface area contributed by atoms with Gasteiger partial charge in [0.25, 0.3) is 0 Å². The van der Waals surface area contributed by atoms with Gasteiger partial charge in [0.1, 0.15) is 0 Å². The Bertz CT molecular complexity index is 425. The molecule has 3 rings (SSSR count). The molecule has 2 aliphatic rings. The van der Waals surface area contributed by atoms with Crippen molar-refractivity contribution in [3.05, 3.63) is 24.0 Å². The minimum atomic E-state index is 0.723. The summed E-state index contributed by atoms with van der Waals surface area (Å²) in [7, 11) is 1.80. The largest absolute Gasteiger partial charge is 0.384 e. The molecule has 1 aliphatic heterocycles. The average Bonchev–Trinajstić information content (AvgIpc) is 3.31. The van der Waals surface area contributed by atoms with Crippen molar-refractivity contribution in [2.45, 2.75) is 38.3 Å². The maximum atomic E-state index is 5.28. The Morgan fingerprint density at radius 3 is 2.80 bits per heavy atom. The Morgan fingerprint density at radius 2 is 2.10 bits per heavy atom. The molecule has 110 valence electrons. The fourth-order valence-corrected chi connectivity index (χ4v) is 2.97. The lowest BCUT2D eigenvalue weighted by Crippen LogP contribution is -2.36. The highest BCUT2D eigenvalue weighted by Gasteiger charge is 2.23. The molecule has 0 bridgehead atoms. The highest BCUT2D eigenvalue weighted by Crippen LogP contribution is 2.27. The van der Waals surface area contributed by atoms with Crippen LogP contribution in [0.2, 0.25) is 0 Å². The summed E-state index contributed by atoms with van der Waals surface area (Å²) < 4.78 is 5.28. The summed E-state index contributed by atoms with van der Waals surface area (Å²) in [5.41, 5.74) is 2.70. The van der Waals surface area contributed by atoms with E-state index in [4.69, 9.17) is 4.74 Å². The van der Waals surface area contributed by atoms with E-state index < -0.39 is 0 Å². The Balaban J connectivity index is 1.61. The van der Waals surface area contributed by atoms with Crippen LogP contribution < -0.4 is 10.2 Å². The smallest absolute Gasteiger partial charge is 0.0598 e. The lowest BCUT2D eigenvalue weighted by Gasteiger charge is -2.34. The quantitative estimate of drug-likeness (QED) is 0.863. The number of anilines is 1. The second-order valence-electron chi connectivity index (χ2n) is 6.05. The third-order valence-electron chi connectivity index (χ3n) is 4.40. The van der Waals surface area contributed by atoms with Crippen molar-refractivity contribution in [3.63, 3.8) is 0 Å². The first kappa shape index (κ1) is 13.8. The van der Waals surface area contributed by atoms with Crippen molar-refractivity contribution in [1.82, 2.24) is 10.3 Å². The molecule has 2 fully saturated rings. The fraction of sp³-hybridized carbons (Fsp3) is 0.688. The number of ether oxygens (including phenoxy) is 1. The van der Waals surface area contributed by atoms with Crippen LogP contribution in [0.5, 0.6) is 0 Å². The van der Waals surface area contributed by atoms with Gasteiger partial charge >= 0.3 is 0 Å². The average molecular weight is 275 g/mol. The molecule has 1 aromatic rings. The maximum Gasteiger partial charge on any atom is 0.0598 e. The molecule has 0 spiro atoms. The molecule has 0 atom stereocenters. The first-order valence-electron chi connectivity index (χ1n) is 7.77. The molecule has 4 nitrogen and oxygen atoms in total. The second kappa shape index (κ2) is 6.55. The molecule has 20 heavy (non-hydrogen) atoms. The van der Waals surface area contributed by atoms with Crippen molar-refractivity contribution in [3.8, 4) is 0 Å². The summed E-state index contributed by atoms with van der Waals surface area (Å²) in [6, 6.07) is 2.91. The minimum Gasteiger partial charge on any atom is -0.384 e. The molecule has 1 saturated heterocycles. The van der Waals surface area contributed by atoms with Crippen molar-refractivity contribution in [2.24, 2.45) is 5.92 Å². The molecule has 1 aliphatic carbocycles. The number of pyridine rings is 1. The van der Waals surface area contributed by atoms with Crippen LogP contribution in [-0.4, -0.2) is 37.8 Å². The first-order chi connectivity index (χ1) is 9.86. The number of hydrogen-bond acceptors (Lipinski definition) is 4. The molecular formula is C16H25N3O. The maximum absolute atomic E-state index is 5.28. The number of hydrogen-bond donors (Lipinski definition) is 1. The molecule has 2 heterocycles. The second-order valence-corrected chi connectivity index (χ2v) is 6.05. The minimum absolute atomic E-state index is 0.723. The van der Waals surface area contributed by atoms with Crippen LogP contribution >= 0.6 is 0 Å². The highest BCUT2D eigenvalue weighted by molar-refractivity contribution is 5.52. The summed E-state index contributed by atoms with van der Waals surface area (Å²) in [5.74, 6) is 0.723. The van der Waals surface area contributed by atoms with Crippen LogP contribution in [0.3, 0.4) is 0 Å². The number of aromatic nitrogens is 1. The zero-order valence-corrected chi connectivity index (χ0v) is 12.3. The van der Waals surface area contributed by atoms with E-state index in [9.17, 15) is 0 Å². The Morgan fingerprint density at radius 1 is 1.30 bits per heavy atom. The zero-order chi connectivity index (χ0) is 13.8. The van der Waals surface area contributed by atoms with Crippen molar-refractivity contribution in [2.75, 3.05) is 31.7 Å². The van der Waals surface area contributed by atoms with E-state index in [1.165, 1.54) is 36.9 Å². The van der Waals surface area contributed by atoms with Gasteiger partial charge in [-0.15, -0.1) is 0 Å². The SMILES string of the molecule is COCC1CCN(c2cnccc2CNC2CC2)CC1. The van der Waals surface area contributed by atoms with Gasteiger partial charge < -0.3 is 15.0 Å². The van der Waals surface area contributed by atoms with Crippen molar-refractivity contribution >= 4 is 5.69 Å². The molecule has 4 heteroatoms. The van der Waals surface area contributed by atoms with Gasteiger partial charge in [-0.25, -0.2) is 0 Å². The molecule has 0 radical (unpaired) electrons. The molecular weight excluding hydrogens is 250 g/mol. The van der Waals surface area contributed by atoms with E-state index in [1.807, 2.05) is 12.4 Å². The molecule has 0 amide bonds. The monoisotopic (exact) mass is 275 g/mol. The van der Waals surface area contributed by atoms with Crippen molar-refractivity contribution in [1.29, 1.82) is 0 Å². The Kier molecular flexibility index (Phi) is 4.53. The molecule has 1 saturated carbocycles. The van der Waals surface area contributed by atoms with Gasteiger partial charge in [-0.1, -0.05) is 0 Å². The predicted molar refractivity (Wildman–Crippen MR) is 80.9 cm³/mol. The third-order valence-corrected chi connectivity index (χ3v) is 4.40. The number of nitrogens with zero attached hydrogens (tertiary/aromatic N) is 2. The van der Waals surface area contributed by atoms with Gasteiger partial charge in [-0.05, 0) is 43.2 Å². The summed E-state index contributed by atoms with van der Waals surface area (Å²) in [4.78, 5) is 6.81. The van der Waals surface area contributed by atoms with Crippen LogP contribution in [0.4, 0.5) is 5.69 Å². The van der Waals surface area contributed by atoms with Gasteiger partial charge in [-0.3, -0.25) is 4.98 Å².